The average Bonchev–Trinajstić information content (AvgIpc) is 2.15. The Morgan fingerprint density at radius 3 is 2.85 bits per heavy atom. The number of carbonyl (C=O) groups excluding carboxylic acids is 1. The maximum absolute atomic E-state index is 10.7. The van der Waals surface area contributed by atoms with E-state index in [0.717, 1.165) is 34.7 Å². The summed E-state index contributed by atoms with van der Waals surface area (Å²) in [7, 11) is 0. The first kappa shape index (κ1) is 10.7. The second-order valence-electron chi connectivity index (χ2n) is 2.75. The summed E-state index contributed by atoms with van der Waals surface area (Å²) in [6, 6.07) is 5.66. The van der Waals surface area contributed by atoms with Crippen LogP contribution in [-0.4, -0.2) is 12.2 Å². The molecule has 1 aromatic rings. The number of aryl methyl sites for hydroxylation is 1. The molecule has 0 radical (unpaired) electrons. The molecule has 0 heterocycles. The summed E-state index contributed by atoms with van der Waals surface area (Å²) in [6.07, 6.45) is 2.64. The van der Waals surface area contributed by atoms with Gasteiger partial charge in [-0.2, -0.15) is 0 Å². The number of rotatable bonds is 4. The van der Waals surface area contributed by atoms with Crippen LogP contribution in [0.4, 0.5) is 0 Å². The number of hydrogen-bond acceptors (Lipinski definition) is 1. The van der Waals surface area contributed by atoms with Gasteiger partial charge in [-0.15, -0.1) is 11.6 Å². The SMILES string of the molecule is O=Cc1ccc(Br)cc1CCCCl. The van der Waals surface area contributed by atoms with Gasteiger partial charge in [0.2, 0.25) is 0 Å². The highest BCUT2D eigenvalue weighted by molar-refractivity contribution is 9.10. The van der Waals surface area contributed by atoms with Gasteiger partial charge in [0, 0.05) is 15.9 Å². The lowest BCUT2D eigenvalue weighted by Crippen LogP contribution is -1.93. The smallest absolute Gasteiger partial charge is 0.150 e. The summed E-state index contributed by atoms with van der Waals surface area (Å²) in [5.41, 5.74) is 1.82. The fraction of sp³-hybridized carbons (Fsp3) is 0.300. The Kier molecular flexibility index (Phi) is 4.46. The van der Waals surface area contributed by atoms with E-state index in [1.54, 1.807) is 0 Å². The van der Waals surface area contributed by atoms with Crippen molar-refractivity contribution in [2.24, 2.45) is 0 Å². The number of carbonyl (C=O) groups is 1. The standard InChI is InChI=1S/C10H10BrClO/c11-10-4-3-9(7-13)8(6-10)2-1-5-12/h3-4,6-7H,1-2,5H2. The van der Waals surface area contributed by atoms with Crippen LogP contribution < -0.4 is 0 Å². The van der Waals surface area contributed by atoms with Gasteiger partial charge in [0.1, 0.15) is 6.29 Å². The van der Waals surface area contributed by atoms with Crippen LogP contribution in [0.2, 0.25) is 0 Å². The van der Waals surface area contributed by atoms with Crippen molar-refractivity contribution in [3.8, 4) is 0 Å². The van der Waals surface area contributed by atoms with E-state index in [4.69, 9.17) is 11.6 Å². The summed E-state index contributed by atoms with van der Waals surface area (Å²) < 4.78 is 1.00. The molecule has 13 heavy (non-hydrogen) atoms. The van der Waals surface area contributed by atoms with Crippen LogP contribution in [0, 0.1) is 0 Å². The van der Waals surface area contributed by atoms with Gasteiger partial charge in [-0.3, -0.25) is 4.79 Å². The molecule has 0 aliphatic carbocycles. The second-order valence-corrected chi connectivity index (χ2v) is 4.05. The molecular weight excluding hydrogens is 251 g/mol. The molecule has 0 saturated carbocycles. The van der Waals surface area contributed by atoms with E-state index in [-0.39, 0.29) is 0 Å². The Hall–Kier alpha value is -0.340. The number of hydrogen-bond donors (Lipinski definition) is 0. The van der Waals surface area contributed by atoms with E-state index in [9.17, 15) is 4.79 Å². The quantitative estimate of drug-likeness (QED) is 0.599. The molecule has 0 amide bonds. The highest BCUT2D eigenvalue weighted by Crippen LogP contribution is 2.17. The lowest BCUT2D eigenvalue weighted by atomic mass is 10.0. The summed E-state index contributed by atoms with van der Waals surface area (Å²) in [5, 5.41) is 0. The van der Waals surface area contributed by atoms with Crippen molar-refractivity contribution >= 4 is 33.8 Å². The molecule has 0 aromatic heterocycles. The van der Waals surface area contributed by atoms with Gasteiger partial charge >= 0.3 is 0 Å². The second kappa shape index (κ2) is 5.40. The fourth-order valence-corrected chi connectivity index (χ4v) is 1.71. The topological polar surface area (TPSA) is 17.1 Å². The van der Waals surface area contributed by atoms with Crippen molar-refractivity contribution in [1.29, 1.82) is 0 Å². The van der Waals surface area contributed by atoms with Crippen LogP contribution in [0.5, 0.6) is 0 Å². The van der Waals surface area contributed by atoms with Gasteiger partial charge in [0.25, 0.3) is 0 Å². The summed E-state index contributed by atoms with van der Waals surface area (Å²) in [5.74, 6) is 0.630. The Morgan fingerprint density at radius 1 is 1.46 bits per heavy atom. The van der Waals surface area contributed by atoms with Gasteiger partial charge in [0.05, 0.1) is 0 Å². The molecule has 1 aromatic carbocycles. The Morgan fingerprint density at radius 2 is 2.23 bits per heavy atom. The van der Waals surface area contributed by atoms with Crippen LogP contribution in [0.1, 0.15) is 22.3 Å². The molecule has 1 nitrogen and oxygen atoms in total. The zero-order valence-electron chi connectivity index (χ0n) is 7.09. The molecule has 1 rings (SSSR count). The molecule has 0 fully saturated rings. The number of halogens is 2. The van der Waals surface area contributed by atoms with Gasteiger partial charge < -0.3 is 0 Å². The molecule has 0 N–H and O–H groups in total. The molecule has 0 saturated heterocycles. The molecular formula is C10H10BrClO. The average molecular weight is 262 g/mol. The molecule has 0 unspecified atom stereocenters. The number of benzene rings is 1. The molecule has 0 atom stereocenters. The van der Waals surface area contributed by atoms with E-state index >= 15 is 0 Å². The van der Waals surface area contributed by atoms with Crippen molar-refractivity contribution in [2.45, 2.75) is 12.8 Å². The van der Waals surface area contributed by atoms with Gasteiger partial charge in [0.15, 0.2) is 0 Å². The number of aldehydes is 1. The Bertz CT molecular complexity index is 299. The highest BCUT2D eigenvalue weighted by Gasteiger charge is 2.01. The maximum atomic E-state index is 10.7. The summed E-state index contributed by atoms with van der Waals surface area (Å²) in [6.45, 7) is 0. The maximum Gasteiger partial charge on any atom is 0.150 e. The molecule has 0 aliphatic heterocycles. The van der Waals surface area contributed by atoms with Crippen molar-refractivity contribution < 1.29 is 4.79 Å². The first-order valence-electron chi connectivity index (χ1n) is 4.07. The van der Waals surface area contributed by atoms with Crippen molar-refractivity contribution in [3.63, 3.8) is 0 Å². The lowest BCUT2D eigenvalue weighted by Gasteiger charge is -2.03. The third-order valence-corrected chi connectivity index (χ3v) is 2.57. The highest BCUT2D eigenvalue weighted by atomic mass is 79.9. The van der Waals surface area contributed by atoms with E-state index in [0.29, 0.717) is 5.88 Å². The minimum absolute atomic E-state index is 0.630. The zero-order chi connectivity index (χ0) is 9.68. The Balaban J connectivity index is 2.87. The normalized spacial score (nSPS) is 10.0. The van der Waals surface area contributed by atoms with E-state index in [1.165, 1.54) is 0 Å². The van der Waals surface area contributed by atoms with Crippen molar-refractivity contribution in [3.05, 3.63) is 33.8 Å². The third kappa shape index (κ3) is 3.12. The fourth-order valence-electron chi connectivity index (χ4n) is 1.16. The molecule has 3 heteroatoms. The first-order valence-corrected chi connectivity index (χ1v) is 5.40. The van der Waals surface area contributed by atoms with Crippen LogP contribution in [0.3, 0.4) is 0 Å². The van der Waals surface area contributed by atoms with E-state index in [2.05, 4.69) is 15.9 Å². The Labute approximate surface area is 91.2 Å². The molecule has 0 aliphatic rings. The summed E-state index contributed by atoms with van der Waals surface area (Å²) >= 11 is 8.96. The van der Waals surface area contributed by atoms with Crippen LogP contribution in [0.15, 0.2) is 22.7 Å². The monoisotopic (exact) mass is 260 g/mol. The molecule has 0 spiro atoms. The lowest BCUT2D eigenvalue weighted by molar-refractivity contribution is 0.112. The van der Waals surface area contributed by atoms with Crippen molar-refractivity contribution in [1.82, 2.24) is 0 Å². The van der Waals surface area contributed by atoms with Gasteiger partial charge in [-0.25, -0.2) is 0 Å². The van der Waals surface area contributed by atoms with E-state index < -0.39 is 0 Å². The molecule has 70 valence electrons. The minimum Gasteiger partial charge on any atom is -0.298 e. The largest absolute Gasteiger partial charge is 0.298 e. The van der Waals surface area contributed by atoms with E-state index in [1.807, 2.05) is 18.2 Å². The zero-order valence-corrected chi connectivity index (χ0v) is 9.44. The van der Waals surface area contributed by atoms with Crippen molar-refractivity contribution in [2.75, 3.05) is 5.88 Å². The van der Waals surface area contributed by atoms with Crippen LogP contribution in [0.25, 0.3) is 0 Å². The predicted octanol–water partition coefficient (Wildman–Crippen LogP) is 3.43. The minimum atomic E-state index is 0.630. The number of alkyl halides is 1. The summed E-state index contributed by atoms with van der Waals surface area (Å²) in [4.78, 5) is 10.7. The van der Waals surface area contributed by atoms with Crippen LogP contribution in [-0.2, 0) is 6.42 Å². The van der Waals surface area contributed by atoms with Crippen LogP contribution >= 0.6 is 27.5 Å². The first-order chi connectivity index (χ1) is 6.27. The van der Waals surface area contributed by atoms with Gasteiger partial charge in [-0.05, 0) is 30.5 Å². The van der Waals surface area contributed by atoms with Gasteiger partial charge in [-0.1, -0.05) is 22.0 Å². The third-order valence-electron chi connectivity index (χ3n) is 1.81. The molecule has 0 bridgehead atoms. The predicted molar refractivity (Wildman–Crippen MR) is 58.6 cm³/mol.